The maximum atomic E-state index is 11.9. The van der Waals surface area contributed by atoms with Crippen molar-refractivity contribution in [3.63, 3.8) is 0 Å². The van der Waals surface area contributed by atoms with Crippen molar-refractivity contribution in [2.45, 2.75) is 38.3 Å². The summed E-state index contributed by atoms with van der Waals surface area (Å²) in [6, 6.07) is 7.07. The Labute approximate surface area is 111 Å². The molecule has 0 saturated heterocycles. The second kappa shape index (κ2) is 7.81. The smallest absolute Gasteiger partial charge is 0.385 e. The normalized spacial score (nSPS) is 11.3. The van der Waals surface area contributed by atoms with Gasteiger partial charge in [0.15, 0.2) is 0 Å². The Kier molecular flexibility index (Phi) is 6.39. The first kappa shape index (κ1) is 15.5. The van der Waals surface area contributed by atoms with E-state index in [1.165, 1.54) is 0 Å². The van der Waals surface area contributed by atoms with Crippen molar-refractivity contribution in [3.8, 4) is 0 Å². The molecule has 0 unspecified atom stereocenters. The number of hydrogen-bond acceptors (Lipinski definition) is 2. The Morgan fingerprint density at radius 1 is 1.00 bits per heavy atom. The summed E-state index contributed by atoms with van der Waals surface area (Å²) < 4.78 is 35.6. The predicted octanol–water partition coefficient (Wildman–Crippen LogP) is 4.42. The summed E-state index contributed by atoms with van der Waals surface area (Å²) in [5.41, 5.74) is 1.54. The first-order valence-corrected chi connectivity index (χ1v) is 6.37. The molecule has 5 heteroatoms. The minimum Gasteiger partial charge on any atom is -0.385 e. The third-order valence-electron chi connectivity index (χ3n) is 2.76. The number of nitrogens with one attached hydrogen (secondary N) is 1. The van der Waals surface area contributed by atoms with E-state index in [4.69, 9.17) is 0 Å². The molecule has 1 aromatic carbocycles. The number of hydrogen-bond donors (Lipinski definition) is 1. The van der Waals surface area contributed by atoms with Gasteiger partial charge in [-0.25, -0.2) is 0 Å². The van der Waals surface area contributed by atoms with Crippen molar-refractivity contribution in [2.75, 3.05) is 11.9 Å². The molecule has 0 atom stereocenters. The second-order valence-corrected chi connectivity index (χ2v) is 4.45. The molecule has 1 aromatic rings. The number of aldehydes is 1. The molecular formula is C14H18F3NO. The van der Waals surface area contributed by atoms with Crippen LogP contribution in [0, 0.1) is 0 Å². The average Bonchev–Trinajstić information content (AvgIpc) is 2.37. The standard InChI is InChI=1S/C14H18F3NO/c15-14(16,17)9-3-1-2-4-10-18-13-7-5-12(11-19)6-8-13/h5-8,11,18H,1-4,9-10H2. The van der Waals surface area contributed by atoms with Crippen molar-refractivity contribution in [3.05, 3.63) is 29.8 Å². The average molecular weight is 273 g/mol. The van der Waals surface area contributed by atoms with Crippen molar-refractivity contribution < 1.29 is 18.0 Å². The van der Waals surface area contributed by atoms with Crippen molar-refractivity contribution in [2.24, 2.45) is 0 Å². The van der Waals surface area contributed by atoms with Gasteiger partial charge in [0.05, 0.1) is 0 Å². The zero-order valence-electron chi connectivity index (χ0n) is 10.7. The molecule has 106 valence electrons. The molecule has 0 heterocycles. The number of carbonyl (C=O) groups excluding carboxylic acids is 1. The molecule has 2 nitrogen and oxygen atoms in total. The van der Waals surface area contributed by atoms with Gasteiger partial charge in [-0.15, -0.1) is 0 Å². The lowest BCUT2D eigenvalue weighted by atomic mass is 10.1. The van der Waals surface area contributed by atoms with E-state index >= 15 is 0 Å². The lowest BCUT2D eigenvalue weighted by molar-refractivity contribution is -0.135. The predicted molar refractivity (Wildman–Crippen MR) is 69.5 cm³/mol. The van der Waals surface area contributed by atoms with Gasteiger partial charge in [0.1, 0.15) is 6.29 Å². The number of halogens is 3. The summed E-state index contributed by atoms with van der Waals surface area (Å²) in [7, 11) is 0. The molecule has 0 amide bonds. The van der Waals surface area contributed by atoms with E-state index in [0.717, 1.165) is 31.4 Å². The van der Waals surface area contributed by atoms with E-state index in [0.29, 0.717) is 12.0 Å². The summed E-state index contributed by atoms with van der Waals surface area (Å²) in [6.45, 7) is 0.729. The second-order valence-electron chi connectivity index (χ2n) is 4.45. The van der Waals surface area contributed by atoms with E-state index < -0.39 is 12.6 Å². The van der Waals surface area contributed by atoms with Gasteiger partial charge in [-0.3, -0.25) is 4.79 Å². The topological polar surface area (TPSA) is 29.1 Å². The van der Waals surface area contributed by atoms with Gasteiger partial charge in [0, 0.05) is 24.2 Å². The summed E-state index contributed by atoms with van der Waals surface area (Å²) in [5, 5.41) is 3.16. The quantitative estimate of drug-likeness (QED) is 0.561. The third kappa shape index (κ3) is 7.49. The molecule has 0 aliphatic rings. The summed E-state index contributed by atoms with van der Waals surface area (Å²) in [5.74, 6) is 0. The first-order chi connectivity index (χ1) is 9.01. The fourth-order valence-corrected chi connectivity index (χ4v) is 1.72. The largest absolute Gasteiger partial charge is 0.389 e. The van der Waals surface area contributed by atoms with Gasteiger partial charge in [0.25, 0.3) is 0 Å². The SMILES string of the molecule is O=Cc1ccc(NCCCCCCC(F)(F)F)cc1. The molecule has 0 spiro atoms. The molecule has 0 aliphatic heterocycles. The minimum absolute atomic E-state index is 0.206. The lowest BCUT2D eigenvalue weighted by Gasteiger charge is -2.07. The molecular weight excluding hydrogens is 255 g/mol. The third-order valence-corrected chi connectivity index (χ3v) is 2.76. The van der Waals surface area contributed by atoms with Gasteiger partial charge in [-0.1, -0.05) is 12.8 Å². The highest BCUT2D eigenvalue weighted by atomic mass is 19.4. The molecule has 0 fully saturated rings. The number of anilines is 1. The Hall–Kier alpha value is -1.52. The molecule has 19 heavy (non-hydrogen) atoms. The number of benzene rings is 1. The Morgan fingerprint density at radius 2 is 1.63 bits per heavy atom. The van der Waals surface area contributed by atoms with Crippen LogP contribution < -0.4 is 5.32 Å². The highest BCUT2D eigenvalue weighted by molar-refractivity contribution is 5.75. The highest BCUT2D eigenvalue weighted by Gasteiger charge is 2.25. The van der Waals surface area contributed by atoms with Gasteiger partial charge in [0.2, 0.25) is 0 Å². The van der Waals surface area contributed by atoms with Gasteiger partial charge in [-0.2, -0.15) is 13.2 Å². The van der Waals surface area contributed by atoms with Gasteiger partial charge < -0.3 is 5.32 Å². The van der Waals surface area contributed by atoms with Crippen LogP contribution in [0.2, 0.25) is 0 Å². The van der Waals surface area contributed by atoms with Crippen LogP contribution in [0.1, 0.15) is 42.5 Å². The summed E-state index contributed by atoms with van der Waals surface area (Å²) in [6.07, 6.45) is -1.50. The summed E-state index contributed by atoms with van der Waals surface area (Å²) >= 11 is 0. The zero-order valence-corrected chi connectivity index (χ0v) is 10.7. The molecule has 0 radical (unpaired) electrons. The zero-order chi connectivity index (χ0) is 14.1. The summed E-state index contributed by atoms with van der Waals surface area (Å²) in [4.78, 5) is 10.4. The van der Waals surface area contributed by atoms with Crippen molar-refractivity contribution in [1.82, 2.24) is 0 Å². The van der Waals surface area contributed by atoms with Crippen molar-refractivity contribution >= 4 is 12.0 Å². The first-order valence-electron chi connectivity index (χ1n) is 6.37. The monoisotopic (exact) mass is 273 g/mol. The lowest BCUT2D eigenvalue weighted by Crippen LogP contribution is -2.06. The molecule has 0 aromatic heterocycles. The number of unbranched alkanes of at least 4 members (excludes halogenated alkanes) is 3. The fourth-order valence-electron chi connectivity index (χ4n) is 1.72. The van der Waals surface area contributed by atoms with Crippen LogP contribution in [-0.4, -0.2) is 19.0 Å². The maximum absolute atomic E-state index is 11.9. The van der Waals surface area contributed by atoms with E-state index in [1.54, 1.807) is 12.1 Å². The van der Waals surface area contributed by atoms with E-state index in [-0.39, 0.29) is 6.42 Å². The Morgan fingerprint density at radius 3 is 2.21 bits per heavy atom. The molecule has 1 rings (SSSR count). The van der Waals surface area contributed by atoms with E-state index in [1.807, 2.05) is 12.1 Å². The van der Waals surface area contributed by atoms with Crippen molar-refractivity contribution in [1.29, 1.82) is 0 Å². The van der Waals surface area contributed by atoms with Crippen LogP contribution >= 0.6 is 0 Å². The van der Waals surface area contributed by atoms with Crippen LogP contribution in [0.25, 0.3) is 0 Å². The number of carbonyl (C=O) groups is 1. The van der Waals surface area contributed by atoms with E-state index in [2.05, 4.69) is 5.32 Å². The molecule has 0 saturated carbocycles. The van der Waals surface area contributed by atoms with E-state index in [9.17, 15) is 18.0 Å². The maximum Gasteiger partial charge on any atom is 0.389 e. The van der Waals surface area contributed by atoms with Crippen LogP contribution in [0.5, 0.6) is 0 Å². The van der Waals surface area contributed by atoms with Gasteiger partial charge >= 0.3 is 6.18 Å². The van der Waals surface area contributed by atoms with Crippen LogP contribution in [0.3, 0.4) is 0 Å². The Bertz CT molecular complexity index is 373. The molecule has 1 N–H and O–H groups in total. The molecule has 0 bridgehead atoms. The van der Waals surface area contributed by atoms with Crippen LogP contribution in [0.4, 0.5) is 18.9 Å². The van der Waals surface area contributed by atoms with Crippen LogP contribution in [-0.2, 0) is 0 Å². The number of rotatable bonds is 8. The number of alkyl halides is 3. The molecule has 0 aliphatic carbocycles. The Balaban J connectivity index is 2.05. The minimum atomic E-state index is -4.03. The fraction of sp³-hybridized carbons (Fsp3) is 0.500. The van der Waals surface area contributed by atoms with Gasteiger partial charge in [-0.05, 0) is 37.1 Å². The highest BCUT2D eigenvalue weighted by Crippen LogP contribution is 2.22. The van der Waals surface area contributed by atoms with Crippen LogP contribution in [0.15, 0.2) is 24.3 Å².